The summed E-state index contributed by atoms with van der Waals surface area (Å²) in [5.74, 6) is -0.429. The van der Waals surface area contributed by atoms with Crippen LogP contribution in [0.3, 0.4) is 0 Å². The Hall–Kier alpha value is -3.04. The van der Waals surface area contributed by atoms with Crippen LogP contribution in [0, 0.1) is 6.92 Å². The molecule has 2 aromatic heterocycles. The van der Waals surface area contributed by atoms with Gasteiger partial charge in [-0.05, 0) is 30.7 Å². The number of hydrogen-bond donors (Lipinski definition) is 2. The number of sulfonamides is 1. The van der Waals surface area contributed by atoms with Crippen molar-refractivity contribution in [3.05, 3.63) is 66.3 Å². The molecule has 1 aromatic carbocycles. The molecule has 0 aliphatic rings. The number of benzene rings is 1. The van der Waals surface area contributed by atoms with Gasteiger partial charge in [-0.15, -0.1) is 6.58 Å². The average molecular weight is 400 g/mol. The fraction of sp³-hybridized carbons (Fsp3) is 0.211. The van der Waals surface area contributed by atoms with Crippen molar-refractivity contribution in [2.24, 2.45) is 0 Å². The minimum absolute atomic E-state index is 0.0288. The highest BCUT2D eigenvalue weighted by Gasteiger charge is 2.25. The van der Waals surface area contributed by atoms with Crippen molar-refractivity contribution in [2.45, 2.75) is 18.2 Å². The van der Waals surface area contributed by atoms with Crippen LogP contribution < -0.4 is 0 Å². The number of aryl methyl sites for hydroxylation is 1. The Kier molecular flexibility index (Phi) is 5.57. The molecule has 0 fully saturated rings. The molecule has 0 aliphatic heterocycles. The Morgan fingerprint density at radius 1 is 1.29 bits per heavy atom. The number of rotatable bonds is 8. The van der Waals surface area contributed by atoms with Crippen LogP contribution in [0.4, 0.5) is 0 Å². The molecule has 0 unspecified atom stereocenters. The maximum atomic E-state index is 12.7. The number of aromatic amines is 1. The highest BCUT2D eigenvalue weighted by atomic mass is 32.2. The number of H-pyrrole nitrogens is 1. The van der Waals surface area contributed by atoms with E-state index in [1.165, 1.54) is 18.2 Å². The highest BCUT2D eigenvalue weighted by Crippen LogP contribution is 2.20. The van der Waals surface area contributed by atoms with Gasteiger partial charge in [-0.25, -0.2) is 13.4 Å². The zero-order valence-electron chi connectivity index (χ0n) is 15.3. The van der Waals surface area contributed by atoms with Crippen molar-refractivity contribution in [1.29, 1.82) is 0 Å². The molecule has 0 radical (unpaired) electrons. The maximum absolute atomic E-state index is 12.7. The Morgan fingerprint density at radius 3 is 2.64 bits per heavy atom. The maximum Gasteiger partial charge on any atom is 0.318 e. The monoisotopic (exact) mass is 400 g/mol. The van der Waals surface area contributed by atoms with Crippen molar-refractivity contribution < 1.29 is 18.3 Å². The number of pyridine rings is 1. The van der Waals surface area contributed by atoms with E-state index in [0.717, 1.165) is 32.4 Å². The summed E-state index contributed by atoms with van der Waals surface area (Å²) in [6, 6.07) is 8.18. The number of carboxylic acid groups (broad SMARTS) is 1. The fourth-order valence-electron chi connectivity index (χ4n) is 2.91. The summed E-state index contributed by atoms with van der Waals surface area (Å²) in [4.78, 5) is 23.0. The molecule has 0 atom stereocenters. The van der Waals surface area contributed by atoms with Crippen LogP contribution in [-0.2, 0) is 21.2 Å². The molecular weight excluding hydrogens is 380 g/mol. The van der Waals surface area contributed by atoms with Gasteiger partial charge in [0.15, 0.2) is 0 Å². The molecule has 2 heterocycles. The lowest BCUT2D eigenvalue weighted by Gasteiger charge is -2.18. The van der Waals surface area contributed by atoms with Crippen LogP contribution in [0.5, 0.6) is 0 Å². The first kappa shape index (κ1) is 19.7. The summed E-state index contributed by atoms with van der Waals surface area (Å²) in [7, 11) is -3.93. The number of carboxylic acids is 1. The van der Waals surface area contributed by atoms with Crippen LogP contribution >= 0.6 is 0 Å². The van der Waals surface area contributed by atoms with Gasteiger partial charge in [0.05, 0.1) is 16.1 Å². The second-order valence-corrected chi connectivity index (χ2v) is 8.21. The third kappa shape index (κ3) is 4.10. The van der Waals surface area contributed by atoms with E-state index < -0.39 is 22.5 Å². The van der Waals surface area contributed by atoms with Gasteiger partial charge in [0.1, 0.15) is 17.9 Å². The molecular formula is C19H20N4O4S. The molecule has 0 amide bonds. The largest absolute Gasteiger partial charge is 0.480 e. The lowest BCUT2D eigenvalue weighted by atomic mass is 10.1. The summed E-state index contributed by atoms with van der Waals surface area (Å²) in [6.07, 6.45) is 3.55. The fourth-order valence-corrected chi connectivity index (χ4v) is 4.27. The van der Waals surface area contributed by atoms with Crippen LogP contribution in [0.2, 0.25) is 0 Å². The molecule has 8 nitrogen and oxygen atoms in total. The number of aliphatic carboxylic acids is 1. The number of carbonyl (C=O) groups is 1. The van der Waals surface area contributed by atoms with E-state index in [4.69, 9.17) is 5.11 Å². The third-order valence-electron chi connectivity index (χ3n) is 4.17. The van der Waals surface area contributed by atoms with Gasteiger partial charge in [-0.3, -0.25) is 9.78 Å². The predicted octanol–water partition coefficient (Wildman–Crippen LogP) is 2.12. The lowest BCUT2D eigenvalue weighted by molar-refractivity contribution is -0.137. The van der Waals surface area contributed by atoms with E-state index in [9.17, 15) is 13.2 Å². The second kappa shape index (κ2) is 7.91. The predicted molar refractivity (Wildman–Crippen MR) is 104 cm³/mol. The topological polar surface area (TPSA) is 116 Å². The molecule has 0 aliphatic carbocycles. The van der Waals surface area contributed by atoms with E-state index >= 15 is 0 Å². The summed E-state index contributed by atoms with van der Waals surface area (Å²) < 4.78 is 26.3. The van der Waals surface area contributed by atoms with Gasteiger partial charge >= 0.3 is 5.97 Å². The molecule has 0 spiro atoms. The number of fused-ring (bicyclic) bond motifs is 1. The normalized spacial score (nSPS) is 11.8. The SMILES string of the molecule is C=CCN(CC(=O)O)S(=O)(=O)c1ccc(Cc2nccc3[nH]c(C)nc23)cc1. The second-order valence-electron chi connectivity index (χ2n) is 6.28. The molecule has 3 rings (SSSR count). The van der Waals surface area contributed by atoms with Crippen LogP contribution in [0.1, 0.15) is 17.1 Å². The number of imidazole rings is 1. The quantitative estimate of drug-likeness (QED) is 0.560. The van der Waals surface area contributed by atoms with Crippen LogP contribution in [0.25, 0.3) is 11.0 Å². The van der Waals surface area contributed by atoms with Crippen molar-refractivity contribution >= 4 is 27.0 Å². The summed E-state index contributed by atoms with van der Waals surface area (Å²) >= 11 is 0. The highest BCUT2D eigenvalue weighted by molar-refractivity contribution is 7.89. The Labute approximate surface area is 162 Å². The first-order valence-electron chi connectivity index (χ1n) is 8.53. The number of aromatic nitrogens is 3. The summed E-state index contributed by atoms with van der Waals surface area (Å²) in [5.41, 5.74) is 3.34. The molecule has 2 N–H and O–H groups in total. The Bertz CT molecular complexity index is 1120. The van der Waals surface area contributed by atoms with E-state index in [0.29, 0.717) is 6.42 Å². The number of nitrogens with zero attached hydrogens (tertiary/aromatic N) is 3. The van der Waals surface area contributed by atoms with Gasteiger partial charge in [0.2, 0.25) is 10.0 Å². The number of hydrogen-bond acceptors (Lipinski definition) is 5. The van der Waals surface area contributed by atoms with Crippen molar-refractivity contribution in [2.75, 3.05) is 13.1 Å². The summed E-state index contributed by atoms with van der Waals surface area (Å²) in [6.45, 7) is 4.65. The lowest BCUT2D eigenvalue weighted by Crippen LogP contribution is -2.35. The van der Waals surface area contributed by atoms with E-state index in [2.05, 4.69) is 21.5 Å². The van der Waals surface area contributed by atoms with E-state index in [1.54, 1.807) is 18.3 Å². The van der Waals surface area contributed by atoms with Crippen molar-refractivity contribution in [3.63, 3.8) is 0 Å². The van der Waals surface area contributed by atoms with Gasteiger partial charge in [0, 0.05) is 19.2 Å². The third-order valence-corrected chi connectivity index (χ3v) is 6.00. The first-order valence-corrected chi connectivity index (χ1v) is 9.97. The zero-order valence-corrected chi connectivity index (χ0v) is 16.1. The molecule has 9 heteroatoms. The van der Waals surface area contributed by atoms with Gasteiger partial charge < -0.3 is 10.1 Å². The minimum Gasteiger partial charge on any atom is -0.480 e. The minimum atomic E-state index is -3.93. The molecule has 0 bridgehead atoms. The number of nitrogens with one attached hydrogen (secondary N) is 1. The van der Waals surface area contributed by atoms with Gasteiger partial charge in [-0.2, -0.15) is 4.31 Å². The zero-order chi connectivity index (χ0) is 20.3. The smallest absolute Gasteiger partial charge is 0.318 e. The molecule has 28 heavy (non-hydrogen) atoms. The van der Waals surface area contributed by atoms with Crippen molar-refractivity contribution in [1.82, 2.24) is 19.3 Å². The van der Waals surface area contributed by atoms with Gasteiger partial charge in [0.25, 0.3) is 0 Å². The summed E-state index contributed by atoms with van der Waals surface area (Å²) in [5, 5.41) is 8.96. The van der Waals surface area contributed by atoms with Crippen LogP contribution in [-0.4, -0.2) is 51.8 Å². The van der Waals surface area contributed by atoms with Crippen LogP contribution in [0.15, 0.2) is 54.1 Å². The van der Waals surface area contributed by atoms with Crippen molar-refractivity contribution in [3.8, 4) is 0 Å². The molecule has 146 valence electrons. The molecule has 0 saturated carbocycles. The van der Waals surface area contributed by atoms with E-state index in [-0.39, 0.29) is 11.4 Å². The standard InChI is InChI=1S/C19H20N4O4S/c1-3-10-23(12-18(24)25)28(26,27)15-6-4-14(5-7-15)11-17-19-16(8-9-20-17)21-13(2)22-19/h3-9H,1,10-12H2,2H3,(H,21,22)(H,24,25). The first-order chi connectivity index (χ1) is 13.3. The van der Waals surface area contributed by atoms with E-state index in [1.807, 2.05) is 13.0 Å². The molecule has 0 saturated heterocycles. The molecule has 3 aromatic rings. The Morgan fingerprint density at radius 2 is 2.00 bits per heavy atom. The average Bonchev–Trinajstić information content (AvgIpc) is 3.03. The van der Waals surface area contributed by atoms with Gasteiger partial charge in [-0.1, -0.05) is 18.2 Å². The Balaban J connectivity index is 1.86.